The van der Waals surface area contributed by atoms with E-state index in [2.05, 4.69) is 4.98 Å². The van der Waals surface area contributed by atoms with Gasteiger partial charge in [-0.1, -0.05) is 11.6 Å². The molecule has 1 amide bonds. The normalized spacial score (nSPS) is 12.7. The number of hydrogen-bond acceptors (Lipinski definition) is 5. The molecular formula is C14H11ClF5N3O4S. The molecule has 0 bridgehead atoms. The second-order valence-electron chi connectivity index (χ2n) is 5.32. The van der Waals surface area contributed by atoms with Crippen LogP contribution in [0, 0.1) is 0 Å². The zero-order valence-electron chi connectivity index (χ0n) is 13.8. The minimum atomic E-state index is -5.85. The lowest BCUT2D eigenvalue weighted by Gasteiger charge is -2.20. The van der Waals surface area contributed by atoms with E-state index < -0.39 is 45.4 Å². The van der Waals surface area contributed by atoms with Crippen molar-refractivity contribution in [2.45, 2.75) is 23.5 Å². The van der Waals surface area contributed by atoms with Crippen LogP contribution in [-0.4, -0.2) is 43.1 Å². The number of alkyl halides is 5. The molecule has 2 aromatic rings. The molecule has 0 atom stereocenters. The number of nitrogens with zero attached hydrogens (tertiary/aromatic N) is 2. The number of rotatable bonds is 6. The van der Waals surface area contributed by atoms with E-state index in [9.17, 15) is 35.2 Å². The van der Waals surface area contributed by atoms with Crippen LogP contribution < -0.4 is 9.46 Å². The van der Waals surface area contributed by atoms with Gasteiger partial charge in [-0.2, -0.15) is 22.0 Å². The second-order valence-corrected chi connectivity index (χ2v) is 7.36. The highest BCUT2D eigenvalue weighted by molar-refractivity contribution is 7.90. The van der Waals surface area contributed by atoms with Crippen molar-refractivity contribution in [1.82, 2.24) is 14.3 Å². The number of hydrogen-bond donors (Lipinski definition) is 1. The SMILES string of the molecule is COc1ccc(S(=O)(=O)NC(=O)c2ncn(CC(F)(F)C(F)(F)F)c2Cl)cc1. The molecule has 1 N–H and O–H groups in total. The van der Waals surface area contributed by atoms with E-state index in [4.69, 9.17) is 16.3 Å². The van der Waals surface area contributed by atoms with Crippen LogP contribution in [0.25, 0.3) is 0 Å². The van der Waals surface area contributed by atoms with E-state index in [0.717, 1.165) is 12.1 Å². The molecule has 0 fully saturated rings. The Morgan fingerprint density at radius 3 is 2.29 bits per heavy atom. The number of benzene rings is 1. The molecule has 0 aliphatic heterocycles. The van der Waals surface area contributed by atoms with Crippen LogP contribution >= 0.6 is 11.6 Å². The fraction of sp³-hybridized carbons (Fsp3) is 0.286. The van der Waals surface area contributed by atoms with Crippen LogP contribution in [0.2, 0.25) is 5.15 Å². The van der Waals surface area contributed by atoms with Crippen molar-refractivity contribution in [2.75, 3.05) is 7.11 Å². The predicted octanol–water partition coefficient (Wildman–Crippen LogP) is 2.86. The van der Waals surface area contributed by atoms with Gasteiger partial charge in [0, 0.05) is 0 Å². The standard InChI is InChI=1S/C14H11ClF5N3O4S/c1-27-8-2-4-9(5-3-8)28(25,26)22-12(24)10-11(15)23(7-21-10)6-13(16,17)14(18,19)20/h2-5,7H,6H2,1H3,(H,22,24). The van der Waals surface area contributed by atoms with E-state index in [1.807, 2.05) is 0 Å². The van der Waals surface area contributed by atoms with Crippen LogP contribution in [0.3, 0.4) is 0 Å². The Labute approximate surface area is 160 Å². The van der Waals surface area contributed by atoms with Gasteiger partial charge in [-0.05, 0) is 24.3 Å². The second kappa shape index (κ2) is 7.54. The zero-order chi connectivity index (χ0) is 21.3. The molecule has 0 aliphatic carbocycles. The number of imidazole rings is 1. The first-order valence-corrected chi connectivity index (χ1v) is 9.01. The number of halogens is 6. The molecular weight excluding hydrogens is 437 g/mol. The first-order chi connectivity index (χ1) is 12.8. The Morgan fingerprint density at radius 2 is 1.79 bits per heavy atom. The minimum absolute atomic E-state index is 0.184. The number of aromatic nitrogens is 2. The number of methoxy groups -OCH3 is 1. The lowest BCUT2D eigenvalue weighted by atomic mass is 10.3. The van der Waals surface area contributed by atoms with Gasteiger partial charge in [-0.3, -0.25) is 4.79 Å². The summed E-state index contributed by atoms with van der Waals surface area (Å²) in [7, 11) is -3.04. The van der Waals surface area contributed by atoms with Crippen molar-refractivity contribution >= 4 is 27.5 Å². The molecule has 0 unspecified atom stereocenters. The van der Waals surface area contributed by atoms with Gasteiger partial charge in [0.05, 0.1) is 24.9 Å². The van der Waals surface area contributed by atoms with E-state index in [-0.39, 0.29) is 9.46 Å². The highest BCUT2D eigenvalue weighted by Gasteiger charge is 2.57. The highest BCUT2D eigenvalue weighted by atomic mass is 35.5. The quantitative estimate of drug-likeness (QED) is 0.688. The third-order valence-electron chi connectivity index (χ3n) is 3.37. The third kappa shape index (κ3) is 4.52. The first kappa shape index (κ1) is 21.9. The molecule has 7 nitrogen and oxygen atoms in total. The van der Waals surface area contributed by atoms with Gasteiger partial charge in [-0.15, -0.1) is 0 Å². The van der Waals surface area contributed by atoms with Gasteiger partial charge < -0.3 is 9.30 Å². The lowest BCUT2D eigenvalue weighted by Crippen LogP contribution is -2.40. The Kier molecular flexibility index (Phi) is 5.90. The maximum absolute atomic E-state index is 13.1. The molecule has 2 rings (SSSR count). The summed E-state index contributed by atoms with van der Waals surface area (Å²) in [6.07, 6.45) is -5.38. The molecule has 154 valence electrons. The molecule has 0 radical (unpaired) electrons. The number of amides is 1. The number of sulfonamides is 1. The fourth-order valence-corrected chi connectivity index (χ4v) is 3.11. The molecule has 0 saturated carbocycles. The van der Waals surface area contributed by atoms with Crippen molar-refractivity contribution in [1.29, 1.82) is 0 Å². The minimum Gasteiger partial charge on any atom is -0.497 e. The summed E-state index contributed by atoms with van der Waals surface area (Å²) in [6.45, 7) is -1.93. The Hall–Kier alpha value is -2.41. The van der Waals surface area contributed by atoms with E-state index in [1.54, 1.807) is 4.72 Å². The van der Waals surface area contributed by atoms with E-state index in [0.29, 0.717) is 12.1 Å². The summed E-state index contributed by atoms with van der Waals surface area (Å²) >= 11 is 5.62. The maximum atomic E-state index is 13.1. The average molecular weight is 448 g/mol. The topological polar surface area (TPSA) is 90.3 Å². The van der Waals surface area contributed by atoms with E-state index >= 15 is 0 Å². The van der Waals surface area contributed by atoms with Gasteiger partial charge in [0.25, 0.3) is 15.9 Å². The Balaban J connectivity index is 2.22. The van der Waals surface area contributed by atoms with Crippen LogP contribution in [0.15, 0.2) is 35.5 Å². The molecule has 1 aromatic heterocycles. The van der Waals surface area contributed by atoms with Crippen molar-refractivity contribution in [3.63, 3.8) is 0 Å². The third-order valence-corrected chi connectivity index (χ3v) is 5.11. The molecule has 1 heterocycles. The van der Waals surface area contributed by atoms with Crippen molar-refractivity contribution in [3.8, 4) is 5.75 Å². The summed E-state index contributed by atoms with van der Waals surface area (Å²) in [4.78, 5) is 15.1. The number of carbonyl (C=O) groups is 1. The largest absolute Gasteiger partial charge is 0.497 e. The molecule has 14 heteroatoms. The zero-order valence-corrected chi connectivity index (χ0v) is 15.4. The fourth-order valence-electron chi connectivity index (χ4n) is 1.92. The van der Waals surface area contributed by atoms with Crippen molar-refractivity contribution < 1.29 is 39.9 Å². The van der Waals surface area contributed by atoms with Crippen LogP contribution in [0.5, 0.6) is 5.75 Å². The van der Waals surface area contributed by atoms with Crippen LogP contribution in [-0.2, 0) is 16.6 Å². The Morgan fingerprint density at radius 1 is 1.21 bits per heavy atom. The molecule has 28 heavy (non-hydrogen) atoms. The summed E-state index contributed by atoms with van der Waals surface area (Å²) in [5.74, 6) is -6.20. The molecule has 0 saturated heterocycles. The Bertz CT molecular complexity index is 974. The van der Waals surface area contributed by atoms with Gasteiger partial charge in [0.1, 0.15) is 10.9 Å². The van der Waals surface area contributed by atoms with Crippen LogP contribution in [0.4, 0.5) is 22.0 Å². The van der Waals surface area contributed by atoms with Gasteiger partial charge >= 0.3 is 12.1 Å². The van der Waals surface area contributed by atoms with Crippen molar-refractivity contribution in [3.05, 3.63) is 41.4 Å². The van der Waals surface area contributed by atoms with Gasteiger partial charge in [0.2, 0.25) is 0 Å². The molecule has 1 aromatic carbocycles. The summed E-state index contributed by atoms with van der Waals surface area (Å²) in [6, 6.07) is 4.86. The van der Waals surface area contributed by atoms with Gasteiger partial charge in [0.15, 0.2) is 5.69 Å². The lowest BCUT2D eigenvalue weighted by molar-refractivity contribution is -0.286. The van der Waals surface area contributed by atoms with E-state index in [1.165, 1.54) is 19.2 Å². The molecule has 0 spiro atoms. The summed E-state index contributed by atoms with van der Waals surface area (Å²) < 4.78 is 94.1. The number of nitrogens with one attached hydrogen (secondary N) is 1. The monoisotopic (exact) mass is 447 g/mol. The maximum Gasteiger partial charge on any atom is 0.455 e. The predicted molar refractivity (Wildman–Crippen MR) is 85.9 cm³/mol. The number of ether oxygens (including phenoxy) is 1. The van der Waals surface area contributed by atoms with Crippen LogP contribution in [0.1, 0.15) is 10.5 Å². The molecule has 0 aliphatic rings. The smallest absolute Gasteiger partial charge is 0.455 e. The number of carbonyl (C=O) groups excluding carboxylic acids is 1. The first-order valence-electron chi connectivity index (χ1n) is 7.15. The highest BCUT2D eigenvalue weighted by Crippen LogP contribution is 2.37. The summed E-state index contributed by atoms with van der Waals surface area (Å²) in [5, 5.41) is -0.883. The summed E-state index contributed by atoms with van der Waals surface area (Å²) in [5.41, 5.74) is -0.836. The van der Waals surface area contributed by atoms with Gasteiger partial charge in [-0.25, -0.2) is 18.1 Å². The van der Waals surface area contributed by atoms with Crippen molar-refractivity contribution in [2.24, 2.45) is 0 Å². The average Bonchev–Trinajstić information content (AvgIpc) is 2.94.